The van der Waals surface area contributed by atoms with Crippen molar-refractivity contribution in [3.05, 3.63) is 59.7 Å². The molecular formula is C39H58N2O9. The molecule has 0 aliphatic carbocycles. The molecule has 0 spiro atoms. The summed E-state index contributed by atoms with van der Waals surface area (Å²) < 4.78 is 24.1. The van der Waals surface area contributed by atoms with Gasteiger partial charge in [-0.3, -0.25) is 9.59 Å². The van der Waals surface area contributed by atoms with Gasteiger partial charge in [0.2, 0.25) is 0 Å². The fourth-order valence-electron chi connectivity index (χ4n) is 6.83. The second-order valence-corrected chi connectivity index (χ2v) is 14.2. The van der Waals surface area contributed by atoms with Gasteiger partial charge >= 0.3 is 12.1 Å². The third kappa shape index (κ3) is 12.7. The number of benzene rings is 1. The number of carbonyl (C=O) groups is 4. The van der Waals surface area contributed by atoms with E-state index in [1.807, 2.05) is 90.0 Å². The van der Waals surface area contributed by atoms with Crippen LogP contribution in [0.25, 0.3) is 0 Å². The van der Waals surface area contributed by atoms with E-state index in [2.05, 4.69) is 5.32 Å². The number of rotatable bonds is 10. The highest BCUT2D eigenvalue weighted by molar-refractivity contribution is 5.91. The van der Waals surface area contributed by atoms with Gasteiger partial charge in [0.1, 0.15) is 25.1 Å². The van der Waals surface area contributed by atoms with Crippen LogP contribution in [0.2, 0.25) is 0 Å². The van der Waals surface area contributed by atoms with E-state index < -0.39 is 42.6 Å². The van der Waals surface area contributed by atoms with Gasteiger partial charge in [0.05, 0.1) is 12.2 Å². The molecule has 2 N–H and O–H groups in total. The van der Waals surface area contributed by atoms with E-state index in [0.29, 0.717) is 25.7 Å². The van der Waals surface area contributed by atoms with Crippen LogP contribution in [-0.4, -0.2) is 91.5 Å². The number of nitrogens with zero attached hydrogens (tertiary/aromatic N) is 1. The zero-order valence-corrected chi connectivity index (χ0v) is 30.8. The molecule has 50 heavy (non-hydrogen) atoms. The molecule has 1 aromatic rings. The van der Waals surface area contributed by atoms with Crippen LogP contribution >= 0.6 is 0 Å². The van der Waals surface area contributed by atoms with Crippen LogP contribution in [0, 0.1) is 23.7 Å². The second kappa shape index (κ2) is 20.5. The van der Waals surface area contributed by atoms with Gasteiger partial charge in [-0.05, 0) is 77.1 Å². The number of nitrogens with one attached hydrogen (secondary N) is 1. The van der Waals surface area contributed by atoms with Gasteiger partial charge < -0.3 is 39.1 Å². The van der Waals surface area contributed by atoms with Gasteiger partial charge in [-0.15, -0.1) is 0 Å². The van der Waals surface area contributed by atoms with E-state index in [9.17, 15) is 24.3 Å². The molecule has 1 aromatic carbocycles. The fraction of sp³-hybridized carbons (Fsp3) is 0.641. The summed E-state index contributed by atoms with van der Waals surface area (Å²) in [5, 5.41) is 14.1. The van der Waals surface area contributed by atoms with Gasteiger partial charge in [0.25, 0.3) is 0 Å². The molecule has 2 aliphatic rings. The molecule has 2 aliphatic heterocycles. The van der Waals surface area contributed by atoms with E-state index in [1.54, 1.807) is 6.08 Å². The predicted molar refractivity (Wildman–Crippen MR) is 190 cm³/mol. The summed E-state index contributed by atoms with van der Waals surface area (Å²) in [6, 6.07) is 9.18. The molecular weight excluding hydrogens is 640 g/mol. The van der Waals surface area contributed by atoms with E-state index in [-0.39, 0.29) is 61.7 Å². The van der Waals surface area contributed by atoms with Crippen molar-refractivity contribution in [2.75, 3.05) is 20.6 Å². The molecule has 3 rings (SSSR count). The van der Waals surface area contributed by atoms with Crippen molar-refractivity contribution in [3.63, 3.8) is 0 Å². The minimum absolute atomic E-state index is 0.0898. The number of alkyl carbamates (subject to hydrolysis) is 1. The minimum Gasteiger partial charge on any atom is -0.462 e. The van der Waals surface area contributed by atoms with Gasteiger partial charge in [-0.2, -0.15) is 0 Å². The second-order valence-electron chi connectivity index (χ2n) is 14.2. The molecule has 11 heteroatoms. The standard InChI is InChI=1S/C39H58N2O9/c1-8-34-31(23-40-39(46)47-24-29-12-10-9-11-13-29)20-25(2)14-16-33(43)27(4)21-30(18-19-42)37(26(3)15-17-35(44)49-34)50-38-36(45)32(41(6)7)22-28(5)48-38/h9-14,16,19-20,26-28,30-32,34,36-38,45H,8,15,17-18,21-24H2,1-7H3,(H,40,46)/t26-,27+,28?,30-,31+,32?,34+,36?,37+,38?/m0/s1. The van der Waals surface area contributed by atoms with Crippen LogP contribution in [0.3, 0.4) is 0 Å². The zero-order chi connectivity index (χ0) is 36.8. The first-order chi connectivity index (χ1) is 23.8. The van der Waals surface area contributed by atoms with Crippen molar-refractivity contribution in [2.45, 2.75) is 116 Å². The average Bonchev–Trinajstić information content (AvgIpc) is 3.09. The summed E-state index contributed by atoms with van der Waals surface area (Å²) >= 11 is 0. The summed E-state index contributed by atoms with van der Waals surface area (Å²) in [6.45, 7) is 9.77. The predicted octanol–water partition coefficient (Wildman–Crippen LogP) is 5.39. The van der Waals surface area contributed by atoms with E-state index in [1.165, 1.54) is 6.08 Å². The molecule has 2 heterocycles. The van der Waals surface area contributed by atoms with E-state index in [4.69, 9.17) is 18.9 Å². The Hall–Kier alpha value is -3.38. The number of carbonyl (C=O) groups excluding carboxylic acids is 4. The topological polar surface area (TPSA) is 141 Å². The quantitative estimate of drug-likeness (QED) is 0.241. The maximum Gasteiger partial charge on any atom is 0.407 e. The van der Waals surface area contributed by atoms with Gasteiger partial charge in [-0.25, -0.2) is 4.79 Å². The maximum atomic E-state index is 13.4. The Labute approximate surface area is 297 Å². The first-order valence-electron chi connectivity index (χ1n) is 18.0. The molecule has 4 unspecified atom stereocenters. The van der Waals surface area contributed by atoms with Crippen molar-refractivity contribution in [1.29, 1.82) is 0 Å². The molecule has 0 radical (unpaired) electrons. The first kappa shape index (κ1) is 41.0. The van der Waals surface area contributed by atoms with Crippen LogP contribution in [-0.2, 0) is 39.9 Å². The van der Waals surface area contributed by atoms with Crippen LogP contribution in [0.4, 0.5) is 4.79 Å². The normalized spacial score (nSPS) is 31.8. The number of aliphatic hydroxyl groups excluding tert-OH is 1. The summed E-state index contributed by atoms with van der Waals surface area (Å²) in [5.74, 6) is -1.91. The molecule has 1 amide bonds. The molecule has 10 atom stereocenters. The third-order valence-electron chi connectivity index (χ3n) is 9.78. The van der Waals surface area contributed by atoms with Crippen molar-refractivity contribution < 1.29 is 43.2 Å². The van der Waals surface area contributed by atoms with Gasteiger partial charge in [-0.1, -0.05) is 68.8 Å². The monoisotopic (exact) mass is 698 g/mol. The summed E-state index contributed by atoms with van der Waals surface area (Å²) in [7, 11) is 3.80. The lowest BCUT2D eigenvalue weighted by molar-refractivity contribution is -0.280. The summed E-state index contributed by atoms with van der Waals surface area (Å²) in [6.07, 6.45) is 4.34. The number of amides is 1. The Bertz CT molecular complexity index is 1300. The average molecular weight is 699 g/mol. The number of esters is 1. The smallest absolute Gasteiger partial charge is 0.407 e. The SMILES string of the molecule is CC[C@H]1OC(=O)CC[C@H](C)[C@@H](OC2OC(C)CC(N(C)C)C2O)[C@@H](CC=O)C[C@@H](C)C(=O)C=CC(C)=C[C@@H]1CNC(=O)OCc1ccccc1. The van der Waals surface area contributed by atoms with Crippen molar-refractivity contribution >= 4 is 24.1 Å². The van der Waals surface area contributed by atoms with Crippen LogP contribution in [0.1, 0.15) is 78.7 Å². The van der Waals surface area contributed by atoms with E-state index >= 15 is 0 Å². The number of hydrogen-bond donors (Lipinski definition) is 2. The van der Waals surface area contributed by atoms with Gasteiger partial charge in [0.15, 0.2) is 12.1 Å². The highest BCUT2D eigenvalue weighted by Gasteiger charge is 2.42. The van der Waals surface area contributed by atoms with Gasteiger partial charge in [0, 0.05) is 37.3 Å². The number of aliphatic hydroxyl groups is 1. The number of allylic oxidation sites excluding steroid dienone is 3. The fourth-order valence-corrected chi connectivity index (χ4v) is 6.83. The highest BCUT2D eigenvalue weighted by Crippen LogP contribution is 2.34. The lowest BCUT2D eigenvalue weighted by atomic mass is 9.80. The Morgan fingerprint density at radius 3 is 2.48 bits per heavy atom. The minimum atomic E-state index is -0.943. The molecule has 11 nitrogen and oxygen atoms in total. The Morgan fingerprint density at radius 2 is 1.82 bits per heavy atom. The number of ketones is 1. The number of cyclic esters (lactones) is 1. The van der Waals surface area contributed by atoms with Crippen molar-refractivity contribution in [3.8, 4) is 0 Å². The largest absolute Gasteiger partial charge is 0.462 e. The van der Waals surface area contributed by atoms with Crippen molar-refractivity contribution in [2.24, 2.45) is 23.7 Å². The van der Waals surface area contributed by atoms with Crippen LogP contribution in [0.5, 0.6) is 0 Å². The number of aldehydes is 1. The van der Waals surface area contributed by atoms with E-state index in [0.717, 1.165) is 17.4 Å². The third-order valence-corrected chi connectivity index (χ3v) is 9.78. The zero-order valence-electron chi connectivity index (χ0n) is 30.8. The Balaban J connectivity index is 1.84. The number of hydrogen-bond acceptors (Lipinski definition) is 10. The Kier molecular flexibility index (Phi) is 16.8. The molecule has 1 saturated heterocycles. The number of likely N-dealkylation sites (N-methyl/N-ethyl adjacent to an activating group) is 1. The van der Waals surface area contributed by atoms with Crippen molar-refractivity contribution in [1.82, 2.24) is 10.2 Å². The van der Waals surface area contributed by atoms with Crippen LogP contribution < -0.4 is 5.32 Å². The lowest BCUT2D eigenvalue weighted by Gasteiger charge is -2.44. The lowest BCUT2D eigenvalue weighted by Crippen LogP contribution is -2.55. The summed E-state index contributed by atoms with van der Waals surface area (Å²) in [5.41, 5.74) is 1.63. The Morgan fingerprint density at radius 1 is 1.10 bits per heavy atom. The maximum absolute atomic E-state index is 13.4. The molecule has 0 aromatic heterocycles. The highest BCUT2D eigenvalue weighted by atomic mass is 16.7. The molecule has 0 bridgehead atoms. The number of ether oxygens (including phenoxy) is 4. The first-order valence-corrected chi connectivity index (χ1v) is 18.0. The van der Waals surface area contributed by atoms with Crippen LogP contribution in [0.15, 0.2) is 54.1 Å². The molecule has 1 fully saturated rings. The summed E-state index contributed by atoms with van der Waals surface area (Å²) in [4.78, 5) is 53.2. The molecule has 0 saturated carbocycles. The molecule has 278 valence electrons.